The molecular weight excluding hydrogens is 360 g/mol. The monoisotopic (exact) mass is 380 g/mol. The molecule has 0 bridgehead atoms. The molecule has 2 aromatic carbocycles. The van der Waals surface area contributed by atoms with Gasteiger partial charge < -0.3 is 9.80 Å². The molecule has 2 heterocycles. The summed E-state index contributed by atoms with van der Waals surface area (Å²) in [6.07, 6.45) is 3.52. The highest BCUT2D eigenvalue weighted by atomic mass is 32.2. The number of nitrogens with zero attached hydrogens (tertiary/aromatic N) is 2. The van der Waals surface area contributed by atoms with E-state index in [0.29, 0.717) is 0 Å². The van der Waals surface area contributed by atoms with Crippen molar-refractivity contribution < 1.29 is 4.79 Å². The zero-order valence-corrected chi connectivity index (χ0v) is 16.4. The average Bonchev–Trinajstić information content (AvgIpc) is 3.17. The molecule has 2 aromatic rings. The second-order valence-electron chi connectivity index (χ2n) is 6.00. The number of anilines is 2. The van der Waals surface area contributed by atoms with Crippen LogP contribution in [0.15, 0.2) is 80.5 Å². The fourth-order valence-corrected chi connectivity index (χ4v) is 5.59. The molecule has 0 N–H and O–H groups in total. The lowest BCUT2D eigenvalue weighted by Crippen LogP contribution is -2.18. The lowest BCUT2D eigenvalue weighted by molar-refractivity contribution is -0.110. The van der Waals surface area contributed by atoms with Crippen LogP contribution in [0.1, 0.15) is 13.8 Å². The second kappa shape index (κ2) is 7.25. The molecular formula is C21H20N2OS2. The fraction of sp³-hybridized carbons (Fsp3) is 0.190. The molecule has 26 heavy (non-hydrogen) atoms. The minimum atomic E-state index is 0.0347. The van der Waals surface area contributed by atoms with Gasteiger partial charge in [-0.1, -0.05) is 47.8 Å². The molecule has 0 fully saturated rings. The SMILES string of the molecule is CCN1C(=CC(=O)C=C2Sc3ccccc3N2CC)Sc2ccccc21. The van der Waals surface area contributed by atoms with Crippen LogP contribution in [0.5, 0.6) is 0 Å². The average molecular weight is 381 g/mol. The maximum atomic E-state index is 12.7. The van der Waals surface area contributed by atoms with Gasteiger partial charge in [-0.2, -0.15) is 0 Å². The Morgan fingerprint density at radius 1 is 0.808 bits per heavy atom. The van der Waals surface area contributed by atoms with Crippen LogP contribution in [0.3, 0.4) is 0 Å². The highest BCUT2D eigenvalue weighted by Crippen LogP contribution is 2.47. The zero-order valence-electron chi connectivity index (χ0n) is 14.8. The van der Waals surface area contributed by atoms with Gasteiger partial charge in [0, 0.05) is 35.0 Å². The van der Waals surface area contributed by atoms with Crippen LogP contribution < -0.4 is 9.80 Å². The van der Waals surface area contributed by atoms with Gasteiger partial charge in [0.2, 0.25) is 0 Å². The molecule has 0 spiro atoms. The lowest BCUT2D eigenvalue weighted by Gasteiger charge is -2.18. The van der Waals surface area contributed by atoms with E-state index < -0.39 is 0 Å². The molecule has 0 aliphatic carbocycles. The van der Waals surface area contributed by atoms with Crippen LogP contribution in [0.2, 0.25) is 0 Å². The molecule has 2 aliphatic rings. The first-order chi connectivity index (χ1) is 12.7. The van der Waals surface area contributed by atoms with E-state index in [-0.39, 0.29) is 5.78 Å². The number of thioether (sulfide) groups is 2. The molecule has 0 aromatic heterocycles. The first-order valence-electron chi connectivity index (χ1n) is 8.77. The Bertz CT molecular complexity index is 846. The Balaban J connectivity index is 1.60. The van der Waals surface area contributed by atoms with Crippen molar-refractivity contribution >= 4 is 40.7 Å². The minimum absolute atomic E-state index is 0.0347. The van der Waals surface area contributed by atoms with Gasteiger partial charge in [-0.25, -0.2) is 0 Å². The largest absolute Gasteiger partial charge is 0.335 e. The molecule has 0 unspecified atom stereocenters. The predicted octanol–water partition coefficient (Wildman–Crippen LogP) is 5.50. The second-order valence-corrected chi connectivity index (χ2v) is 8.12. The molecule has 0 saturated heterocycles. The molecule has 0 radical (unpaired) electrons. The van der Waals surface area contributed by atoms with Crippen molar-refractivity contribution in [3.63, 3.8) is 0 Å². The van der Waals surface area contributed by atoms with Crippen molar-refractivity contribution in [2.24, 2.45) is 0 Å². The summed E-state index contributed by atoms with van der Waals surface area (Å²) in [4.78, 5) is 19.6. The number of allylic oxidation sites excluding steroid dienone is 2. The molecule has 4 rings (SSSR count). The number of benzene rings is 2. The minimum Gasteiger partial charge on any atom is -0.335 e. The Kier molecular flexibility index (Phi) is 4.83. The maximum absolute atomic E-state index is 12.7. The third-order valence-electron chi connectivity index (χ3n) is 4.44. The van der Waals surface area contributed by atoms with Crippen molar-refractivity contribution in [2.75, 3.05) is 22.9 Å². The summed E-state index contributed by atoms with van der Waals surface area (Å²) in [6, 6.07) is 16.6. The zero-order chi connectivity index (χ0) is 18.1. The molecule has 0 saturated carbocycles. The summed E-state index contributed by atoms with van der Waals surface area (Å²) < 4.78 is 0. The summed E-state index contributed by atoms with van der Waals surface area (Å²) in [5, 5.41) is 2.00. The molecule has 0 amide bonds. The van der Waals surface area contributed by atoms with Crippen molar-refractivity contribution in [1.29, 1.82) is 0 Å². The highest BCUT2D eigenvalue weighted by molar-refractivity contribution is 8.04. The van der Waals surface area contributed by atoms with Gasteiger partial charge >= 0.3 is 0 Å². The number of hydrogen-bond donors (Lipinski definition) is 0. The number of para-hydroxylation sites is 2. The van der Waals surface area contributed by atoms with Crippen LogP contribution >= 0.6 is 23.5 Å². The van der Waals surface area contributed by atoms with E-state index in [9.17, 15) is 4.79 Å². The van der Waals surface area contributed by atoms with Gasteiger partial charge in [0.15, 0.2) is 5.78 Å². The predicted molar refractivity (Wildman–Crippen MR) is 112 cm³/mol. The normalized spacial score (nSPS) is 18.5. The molecule has 132 valence electrons. The number of fused-ring (bicyclic) bond motifs is 2. The molecule has 0 atom stereocenters. The molecule has 2 aliphatic heterocycles. The summed E-state index contributed by atoms with van der Waals surface area (Å²) >= 11 is 3.33. The van der Waals surface area contributed by atoms with Crippen molar-refractivity contribution in [3.8, 4) is 0 Å². The Morgan fingerprint density at radius 2 is 1.23 bits per heavy atom. The summed E-state index contributed by atoms with van der Waals surface area (Å²) in [5.41, 5.74) is 2.37. The van der Waals surface area contributed by atoms with Gasteiger partial charge in [0.1, 0.15) is 0 Å². The van der Waals surface area contributed by atoms with E-state index in [4.69, 9.17) is 0 Å². The van der Waals surface area contributed by atoms with Gasteiger partial charge in [-0.3, -0.25) is 4.79 Å². The first-order valence-corrected chi connectivity index (χ1v) is 10.4. The van der Waals surface area contributed by atoms with Crippen LogP contribution in [0.4, 0.5) is 11.4 Å². The first kappa shape index (κ1) is 17.3. The number of hydrogen-bond acceptors (Lipinski definition) is 5. The van der Waals surface area contributed by atoms with Crippen LogP contribution in [0, 0.1) is 0 Å². The third-order valence-corrected chi connectivity index (χ3v) is 6.66. The topological polar surface area (TPSA) is 23.6 Å². The van der Waals surface area contributed by atoms with Gasteiger partial charge in [0.05, 0.1) is 21.4 Å². The summed E-state index contributed by atoms with van der Waals surface area (Å²) in [7, 11) is 0. The smallest absolute Gasteiger partial charge is 0.183 e. The van der Waals surface area contributed by atoms with E-state index >= 15 is 0 Å². The third kappa shape index (κ3) is 3.06. The molecule has 3 nitrogen and oxygen atoms in total. The van der Waals surface area contributed by atoms with E-state index in [1.54, 1.807) is 35.7 Å². The Morgan fingerprint density at radius 3 is 1.65 bits per heavy atom. The van der Waals surface area contributed by atoms with E-state index in [0.717, 1.165) is 23.1 Å². The van der Waals surface area contributed by atoms with Crippen molar-refractivity contribution in [2.45, 2.75) is 23.6 Å². The number of ketones is 1. The van der Waals surface area contributed by atoms with E-state index in [1.807, 2.05) is 24.3 Å². The quantitative estimate of drug-likeness (QED) is 0.652. The van der Waals surface area contributed by atoms with Crippen molar-refractivity contribution in [1.82, 2.24) is 0 Å². The summed E-state index contributed by atoms with van der Waals surface area (Å²) in [5.74, 6) is 0.0347. The number of rotatable bonds is 4. The number of carbonyl (C=O) groups is 1. The van der Waals surface area contributed by atoms with Crippen LogP contribution in [0.25, 0.3) is 0 Å². The van der Waals surface area contributed by atoms with Gasteiger partial charge in [-0.05, 0) is 38.1 Å². The molecule has 5 heteroatoms. The summed E-state index contributed by atoms with van der Waals surface area (Å²) in [6.45, 7) is 5.92. The Hall–Kier alpha value is -2.11. The maximum Gasteiger partial charge on any atom is 0.183 e. The van der Waals surface area contributed by atoms with E-state index in [2.05, 4.69) is 47.9 Å². The lowest BCUT2D eigenvalue weighted by atomic mass is 10.2. The van der Waals surface area contributed by atoms with Crippen LogP contribution in [-0.2, 0) is 4.79 Å². The standard InChI is InChI=1S/C21H20N2OS2/c1-3-22-16-9-5-7-11-18(16)25-20(22)13-15(24)14-21-23(4-2)17-10-6-8-12-19(17)26-21/h5-14H,3-4H2,1-2H3. The fourth-order valence-electron chi connectivity index (χ4n) is 3.26. The van der Waals surface area contributed by atoms with Crippen LogP contribution in [-0.4, -0.2) is 18.9 Å². The number of carbonyl (C=O) groups excluding carboxylic acids is 1. The van der Waals surface area contributed by atoms with Gasteiger partial charge in [-0.15, -0.1) is 0 Å². The Labute approximate surface area is 162 Å². The van der Waals surface area contributed by atoms with Crippen molar-refractivity contribution in [3.05, 3.63) is 70.7 Å². The van der Waals surface area contributed by atoms with Gasteiger partial charge in [0.25, 0.3) is 0 Å². The van der Waals surface area contributed by atoms with E-state index in [1.165, 1.54) is 21.2 Å². The highest BCUT2D eigenvalue weighted by Gasteiger charge is 2.26.